The summed E-state index contributed by atoms with van der Waals surface area (Å²) >= 11 is 0. The van der Waals surface area contributed by atoms with Gasteiger partial charge in [0.15, 0.2) is 0 Å². The Morgan fingerprint density at radius 2 is 2.00 bits per heavy atom. The van der Waals surface area contributed by atoms with E-state index < -0.39 is 0 Å². The zero-order chi connectivity index (χ0) is 8.10. The van der Waals surface area contributed by atoms with Crippen LogP contribution in [0.4, 0.5) is 5.69 Å². The second kappa shape index (κ2) is 3.92. The molecule has 1 rings (SSSR count). The summed E-state index contributed by atoms with van der Waals surface area (Å²) in [6.07, 6.45) is 0. The van der Waals surface area contributed by atoms with Gasteiger partial charge in [-0.3, -0.25) is 15.5 Å². The van der Waals surface area contributed by atoms with Gasteiger partial charge in [0.05, 0.1) is 12.3 Å². The quantitative estimate of drug-likeness (QED) is 0.565. The van der Waals surface area contributed by atoms with E-state index in [-0.39, 0.29) is 0 Å². The topological polar surface area (TPSA) is 67.5 Å². The minimum absolute atomic E-state index is 0.381. The zero-order valence-electron chi connectivity index (χ0n) is 5.95. The molecule has 0 heterocycles. The van der Waals surface area contributed by atoms with Crippen molar-refractivity contribution in [2.75, 3.05) is 5.48 Å². The van der Waals surface area contributed by atoms with Crippen LogP contribution in [0, 0.1) is 0 Å². The SMILES string of the molecule is NOCc1ccc(NO)cc1. The van der Waals surface area contributed by atoms with Crippen molar-refractivity contribution in [3.63, 3.8) is 0 Å². The number of hydrogen-bond acceptors (Lipinski definition) is 4. The van der Waals surface area contributed by atoms with E-state index in [1.54, 1.807) is 12.1 Å². The van der Waals surface area contributed by atoms with Gasteiger partial charge in [0.2, 0.25) is 0 Å². The summed E-state index contributed by atoms with van der Waals surface area (Å²) in [5, 5.41) is 8.45. The minimum atomic E-state index is 0.381. The maximum Gasteiger partial charge on any atom is 0.0930 e. The summed E-state index contributed by atoms with van der Waals surface area (Å²) in [4.78, 5) is 4.42. The van der Waals surface area contributed by atoms with Gasteiger partial charge < -0.3 is 0 Å². The standard InChI is InChI=1S/C7H10N2O2/c8-11-5-6-1-3-7(9-10)4-2-6/h1-4,9-10H,5,8H2. The molecule has 0 amide bonds. The Kier molecular flexibility index (Phi) is 2.85. The van der Waals surface area contributed by atoms with E-state index in [0.29, 0.717) is 12.3 Å². The number of anilines is 1. The molecule has 0 unspecified atom stereocenters. The fourth-order valence-electron chi connectivity index (χ4n) is 0.772. The monoisotopic (exact) mass is 154 g/mol. The van der Waals surface area contributed by atoms with Crippen molar-refractivity contribution in [1.29, 1.82) is 0 Å². The molecule has 0 spiro atoms. The van der Waals surface area contributed by atoms with Crippen molar-refractivity contribution in [3.05, 3.63) is 29.8 Å². The van der Waals surface area contributed by atoms with Gasteiger partial charge in [0.25, 0.3) is 0 Å². The maximum absolute atomic E-state index is 8.45. The molecule has 4 heteroatoms. The molecule has 4 nitrogen and oxygen atoms in total. The summed E-state index contributed by atoms with van der Waals surface area (Å²) in [6.45, 7) is 0.381. The molecule has 11 heavy (non-hydrogen) atoms. The van der Waals surface area contributed by atoms with E-state index in [4.69, 9.17) is 11.1 Å². The Morgan fingerprint density at radius 3 is 2.45 bits per heavy atom. The van der Waals surface area contributed by atoms with Gasteiger partial charge in [-0.25, -0.2) is 5.90 Å². The lowest BCUT2D eigenvalue weighted by Gasteiger charge is -2.00. The largest absolute Gasteiger partial charge is 0.300 e. The molecule has 1 aromatic carbocycles. The van der Waals surface area contributed by atoms with E-state index in [1.165, 1.54) is 0 Å². The highest BCUT2D eigenvalue weighted by Gasteiger charge is 1.91. The molecule has 0 aliphatic rings. The lowest BCUT2D eigenvalue weighted by molar-refractivity contribution is 0.124. The van der Waals surface area contributed by atoms with E-state index in [1.807, 2.05) is 17.6 Å². The molecule has 0 fully saturated rings. The van der Waals surface area contributed by atoms with E-state index >= 15 is 0 Å². The first-order valence-electron chi connectivity index (χ1n) is 3.17. The van der Waals surface area contributed by atoms with Crippen LogP contribution in [0.1, 0.15) is 5.56 Å². The van der Waals surface area contributed by atoms with Crippen molar-refractivity contribution in [1.82, 2.24) is 0 Å². The molecule has 0 aliphatic carbocycles. The fourth-order valence-corrected chi connectivity index (χ4v) is 0.772. The van der Waals surface area contributed by atoms with Crippen molar-refractivity contribution in [2.45, 2.75) is 6.61 Å². The molecule has 0 saturated heterocycles. The highest BCUT2D eigenvalue weighted by atomic mass is 16.6. The molecule has 0 radical (unpaired) electrons. The highest BCUT2D eigenvalue weighted by molar-refractivity contribution is 5.42. The van der Waals surface area contributed by atoms with Crippen LogP contribution in [-0.4, -0.2) is 5.21 Å². The number of nitrogens with two attached hydrogens (primary N) is 1. The first kappa shape index (κ1) is 8.00. The Morgan fingerprint density at radius 1 is 1.36 bits per heavy atom. The highest BCUT2D eigenvalue weighted by Crippen LogP contribution is 2.08. The predicted molar refractivity (Wildman–Crippen MR) is 40.8 cm³/mol. The lowest BCUT2D eigenvalue weighted by atomic mass is 10.2. The summed E-state index contributed by atoms with van der Waals surface area (Å²) in [7, 11) is 0. The number of hydrogen-bond donors (Lipinski definition) is 3. The van der Waals surface area contributed by atoms with E-state index in [2.05, 4.69) is 4.84 Å². The molecule has 60 valence electrons. The molecule has 1 aromatic rings. The first-order valence-corrected chi connectivity index (χ1v) is 3.17. The van der Waals surface area contributed by atoms with Crippen LogP contribution in [0.25, 0.3) is 0 Å². The van der Waals surface area contributed by atoms with Gasteiger partial charge >= 0.3 is 0 Å². The number of rotatable bonds is 3. The Bertz CT molecular complexity index is 210. The van der Waals surface area contributed by atoms with Crippen LogP contribution in [-0.2, 0) is 11.4 Å². The Labute approximate surface area is 64.5 Å². The maximum atomic E-state index is 8.45. The molecule has 0 saturated carbocycles. The molecule has 0 bridgehead atoms. The summed E-state index contributed by atoms with van der Waals surface area (Å²) in [5.74, 6) is 4.87. The van der Waals surface area contributed by atoms with Gasteiger partial charge in [0.1, 0.15) is 0 Å². The second-order valence-electron chi connectivity index (χ2n) is 2.12. The van der Waals surface area contributed by atoms with Gasteiger partial charge in [0, 0.05) is 0 Å². The Hall–Kier alpha value is -1.10. The zero-order valence-corrected chi connectivity index (χ0v) is 5.95. The van der Waals surface area contributed by atoms with Crippen LogP contribution < -0.4 is 11.4 Å². The third-order valence-electron chi connectivity index (χ3n) is 1.33. The van der Waals surface area contributed by atoms with Gasteiger partial charge in [-0.15, -0.1) is 0 Å². The molecule has 0 atom stereocenters. The van der Waals surface area contributed by atoms with Crippen LogP contribution in [0.3, 0.4) is 0 Å². The number of benzene rings is 1. The minimum Gasteiger partial charge on any atom is -0.300 e. The van der Waals surface area contributed by atoms with Crippen LogP contribution >= 0.6 is 0 Å². The van der Waals surface area contributed by atoms with Gasteiger partial charge in [-0.1, -0.05) is 12.1 Å². The van der Waals surface area contributed by atoms with Gasteiger partial charge in [-0.05, 0) is 17.7 Å². The van der Waals surface area contributed by atoms with Crippen molar-refractivity contribution in [2.24, 2.45) is 5.90 Å². The average Bonchev–Trinajstić information content (AvgIpc) is 2.07. The Balaban J connectivity index is 2.66. The molecular weight excluding hydrogens is 144 g/mol. The predicted octanol–water partition coefficient (Wildman–Crippen LogP) is 0.878. The van der Waals surface area contributed by atoms with E-state index in [9.17, 15) is 0 Å². The molecule has 4 N–H and O–H groups in total. The number of nitrogens with one attached hydrogen (secondary N) is 1. The van der Waals surface area contributed by atoms with Crippen LogP contribution in [0.5, 0.6) is 0 Å². The molecule has 0 aromatic heterocycles. The molecule has 0 aliphatic heterocycles. The van der Waals surface area contributed by atoms with Crippen molar-refractivity contribution >= 4 is 5.69 Å². The summed E-state index contributed by atoms with van der Waals surface area (Å²) in [5.41, 5.74) is 3.63. The second-order valence-corrected chi connectivity index (χ2v) is 2.12. The van der Waals surface area contributed by atoms with Crippen molar-refractivity contribution < 1.29 is 10.0 Å². The normalized spacial score (nSPS) is 9.64. The summed E-state index contributed by atoms with van der Waals surface area (Å²) in [6, 6.07) is 7.08. The third kappa shape index (κ3) is 2.19. The van der Waals surface area contributed by atoms with E-state index in [0.717, 1.165) is 5.56 Å². The van der Waals surface area contributed by atoms with Crippen LogP contribution in [0.2, 0.25) is 0 Å². The smallest absolute Gasteiger partial charge is 0.0930 e. The third-order valence-corrected chi connectivity index (χ3v) is 1.33. The lowest BCUT2D eigenvalue weighted by Crippen LogP contribution is -1.98. The molecular formula is C7H10N2O2. The summed E-state index contributed by atoms with van der Waals surface area (Å²) < 4.78 is 0. The van der Waals surface area contributed by atoms with Gasteiger partial charge in [-0.2, -0.15) is 0 Å². The average molecular weight is 154 g/mol. The van der Waals surface area contributed by atoms with Crippen LogP contribution in [0.15, 0.2) is 24.3 Å². The van der Waals surface area contributed by atoms with Crippen molar-refractivity contribution in [3.8, 4) is 0 Å². The first-order chi connectivity index (χ1) is 5.36. The fraction of sp³-hybridized carbons (Fsp3) is 0.143.